The Morgan fingerprint density at radius 1 is 0.957 bits per heavy atom. The monoisotopic (exact) mass is 315 g/mol. The molecule has 0 aromatic heterocycles. The molecular formula is C22H37N. The smallest absolute Gasteiger partial charge is 0.0441 e. The van der Waals surface area contributed by atoms with Crippen molar-refractivity contribution >= 4 is 5.71 Å². The highest BCUT2D eigenvalue weighted by molar-refractivity contribution is 5.98. The van der Waals surface area contributed by atoms with Crippen LogP contribution < -0.4 is 0 Å². The second-order valence-electron chi connectivity index (χ2n) is 5.22. The highest BCUT2D eigenvalue weighted by Gasteiger charge is 2.14. The molecule has 0 aromatic rings. The summed E-state index contributed by atoms with van der Waals surface area (Å²) in [6, 6.07) is 0. The van der Waals surface area contributed by atoms with Gasteiger partial charge in [-0.3, -0.25) is 4.99 Å². The van der Waals surface area contributed by atoms with E-state index in [0.717, 1.165) is 29.7 Å². The van der Waals surface area contributed by atoms with Crippen LogP contribution in [0.15, 0.2) is 64.4 Å². The molecule has 0 radical (unpaired) electrons. The molecule has 0 N–H and O–H groups in total. The molecule has 0 bridgehead atoms. The normalized spacial score (nSPS) is 15.4. The molecule has 1 heteroatoms. The van der Waals surface area contributed by atoms with Crippen LogP contribution in [0.5, 0.6) is 0 Å². The summed E-state index contributed by atoms with van der Waals surface area (Å²) < 4.78 is 0. The topological polar surface area (TPSA) is 12.4 Å². The lowest BCUT2D eigenvalue weighted by Gasteiger charge is -2.05. The average molecular weight is 316 g/mol. The third-order valence-corrected chi connectivity index (χ3v) is 3.50. The standard InChI is InChI=1S/C18H25N.2C2H6/c1-7-14(4)11-12-15(5)16(6)19-18-10-8-9-17(18)13(2)3;2*1-2/h7,11-12H,1-2,8-10H2,3-6H3;2*1-2H3/b14-11-,15-12+,19-16?;;. The van der Waals surface area contributed by atoms with E-state index in [1.54, 1.807) is 0 Å². The van der Waals surface area contributed by atoms with Crippen molar-refractivity contribution in [1.82, 2.24) is 0 Å². The molecule has 0 aromatic carbocycles. The second kappa shape index (κ2) is 14.0. The first-order valence-corrected chi connectivity index (χ1v) is 8.87. The van der Waals surface area contributed by atoms with Gasteiger partial charge in [0, 0.05) is 11.4 Å². The Hall–Kier alpha value is -1.63. The molecule has 23 heavy (non-hydrogen) atoms. The molecule has 0 fully saturated rings. The molecule has 1 nitrogen and oxygen atoms in total. The van der Waals surface area contributed by atoms with Crippen molar-refractivity contribution < 1.29 is 0 Å². The van der Waals surface area contributed by atoms with E-state index < -0.39 is 0 Å². The predicted octanol–water partition coefficient (Wildman–Crippen LogP) is 7.59. The van der Waals surface area contributed by atoms with Gasteiger partial charge in [0.25, 0.3) is 0 Å². The average Bonchev–Trinajstić information content (AvgIpc) is 3.04. The minimum Gasteiger partial charge on any atom is -0.258 e. The zero-order valence-electron chi connectivity index (χ0n) is 16.7. The van der Waals surface area contributed by atoms with E-state index >= 15 is 0 Å². The lowest BCUT2D eigenvalue weighted by Crippen LogP contribution is -1.95. The summed E-state index contributed by atoms with van der Waals surface area (Å²) in [7, 11) is 0. The van der Waals surface area contributed by atoms with Gasteiger partial charge in [-0.05, 0) is 58.1 Å². The van der Waals surface area contributed by atoms with Gasteiger partial charge in [-0.15, -0.1) is 0 Å². The summed E-state index contributed by atoms with van der Waals surface area (Å²) in [5.41, 5.74) is 7.18. The first-order chi connectivity index (χ1) is 11.0. The molecule has 1 rings (SSSR count). The van der Waals surface area contributed by atoms with Crippen molar-refractivity contribution in [2.24, 2.45) is 4.99 Å². The van der Waals surface area contributed by atoms with Crippen molar-refractivity contribution in [3.8, 4) is 0 Å². The molecule has 0 aliphatic heterocycles. The van der Waals surface area contributed by atoms with Crippen molar-refractivity contribution in [3.63, 3.8) is 0 Å². The maximum Gasteiger partial charge on any atom is 0.0441 e. The second-order valence-corrected chi connectivity index (χ2v) is 5.22. The molecule has 0 atom stereocenters. The fourth-order valence-electron chi connectivity index (χ4n) is 2.05. The number of hydrogen-bond acceptors (Lipinski definition) is 1. The zero-order chi connectivity index (χ0) is 18.4. The Kier molecular flexibility index (Phi) is 14.4. The molecule has 1 aliphatic carbocycles. The van der Waals surface area contributed by atoms with Crippen LogP contribution in [0.2, 0.25) is 0 Å². The van der Waals surface area contributed by atoms with Gasteiger partial charge < -0.3 is 0 Å². The van der Waals surface area contributed by atoms with Gasteiger partial charge in [-0.25, -0.2) is 0 Å². The summed E-state index contributed by atoms with van der Waals surface area (Å²) in [6.45, 7) is 24.1. The largest absolute Gasteiger partial charge is 0.258 e. The van der Waals surface area contributed by atoms with E-state index in [4.69, 9.17) is 4.99 Å². The quantitative estimate of drug-likeness (QED) is 0.366. The summed E-state index contributed by atoms with van der Waals surface area (Å²) in [6.07, 6.45) is 9.44. The van der Waals surface area contributed by atoms with Gasteiger partial charge >= 0.3 is 0 Å². The van der Waals surface area contributed by atoms with Gasteiger partial charge in [0.2, 0.25) is 0 Å². The first kappa shape index (κ1) is 23.6. The first-order valence-electron chi connectivity index (χ1n) is 8.87. The highest BCUT2D eigenvalue weighted by Crippen LogP contribution is 2.31. The Bertz CT molecular complexity index is 496. The molecule has 0 amide bonds. The summed E-state index contributed by atoms with van der Waals surface area (Å²) in [5, 5.41) is 0. The van der Waals surface area contributed by atoms with Gasteiger partial charge in [-0.2, -0.15) is 0 Å². The Morgan fingerprint density at radius 2 is 1.52 bits per heavy atom. The fourth-order valence-corrected chi connectivity index (χ4v) is 2.05. The summed E-state index contributed by atoms with van der Waals surface area (Å²) in [4.78, 5) is 4.79. The number of aliphatic imine (C=N–C) groups is 1. The third-order valence-electron chi connectivity index (χ3n) is 3.50. The number of rotatable bonds is 5. The van der Waals surface area contributed by atoms with Gasteiger partial charge in [-0.1, -0.05) is 70.2 Å². The van der Waals surface area contributed by atoms with Crippen molar-refractivity contribution in [1.29, 1.82) is 0 Å². The van der Waals surface area contributed by atoms with Gasteiger partial charge in [0.15, 0.2) is 0 Å². The summed E-state index contributed by atoms with van der Waals surface area (Å²) >= 11 is 0. The number of nitrogens with zero attached hydrogens (tertiary/aromatic N) is 1. The SMILES string of the molecule is C=C/C(C)=C\C=C(/C)C(C)=NC1=C(C(=C)C)CCC1.CC.CC. The molecule has 0 unspecified atom stereocenters. The van der Waals surface area contributed by atoms with E-state index in [1.165, 1.54) is 23.3 Å². The van der Waals surface area contributed by atoms with Crippen LogP contribution in [0.4, 0.5) is 0 Å². The molecule has 130 valence electrons. The Balaban J connectivity index is 0. The van der Waals surface area contributed by atoms with Crippen molar-refractivity contribution in [2.75, 3.05) is 0 Å². The van der Waals surface area contributed by atoms with Crippen LogP contribution in [0.1, 0.15) is 74.7 Å². The van der Waals surface area contributed by atoms with Crippen LogP contribution in [0.3, 0.4) is 0 Å². The number of allylic oxidation sites excluding steroid dienone is 8. The van der Waals surface area contributed by atoms with Gasteiger partial charge in [0.05, 0.1) is 0 Å². The fraction of sp³-hybridized carbons (Fsp3) is 0.500. The number of hydrogen-bond donors (Lipinski definition) is 0. The van der Waals surface area contributed by atoms with E-state index in [9.17, 15) is 0 Å². The van der Waals surface area contributed by atoms with Crippen LogP contribution in [-0.2, 0) is 0 Å². The minimum absolute atomic E-state index is 1.08. The molecule has 0 heterocycles. The summed E-state index contributed by atoms with van der Waals surface area (Å²) in [5.74, 6) is 0. The molecule has 0 saturated heterocycles. The Labute approximate surface area is 145 Å². The van der Waals surface area contributed by atoms with Gasteiger partial charge in [0.1, 0.15) is 0 Å². The van der Waals surface area contributed by atoms with E-state index in [0.29, 0.717) is 0 Å². The van der Waals surface area contributed by atoms with Crippen LogP contribution in [-0.4, -0.2) is 5.71 Å². The predicted molar refractivity (Wildman–Crippen MR) is 109 cm³/mol. The Morgan fingerprint density at radius 3 is 2.00 bits per heavy atom. The van der Waals surface area contributed by atoms with Crippen LogP contribution in [0.25, 0.3) is 0 Å². The van der Waals surface area contributed by atoms with Crippen LogP contribution >= 0.6 is 0 Å². The lowest BCUT2D eigenvalue weighted by atomic mass is 10.1. The molecule has 0 spiro atoms. The maximum absolute atomic E-state index is 4.79. The highest BCUT2D eigenvalue weighted by atomic mass is 14.8. The lowest BCUT2D eigenvalue weighted by molar-refractivity contribution is 0.890. The molecular weight excluding hydrogens is 278 g/mol. The maximum atomic E-state index is 4.79. The van der Waals surface area contributed by atoms with E-state index in [-0.39, 0.29) is 0 Å². The zero-order valence-corrected chi connectivity index (χ0v) is 16.7. The van der Waals surface area contributed by atoms with E-state index in [1.807, 2.05) is 40.7 Å². The molecule has 0 saturated carbocycles. The van der Waals surface area contributed by atoms with Crippen LogP contribution in [0, 0.1) is 0 Å². The minimum atomic E-state index is 1.08. The molecule has 1 aliphatic rings. The van der Waals surface area contributed by atoms with Crippen molar-refractivity contribution in [3.05, 3.63) is 59.4 Å². The van der Waals surface area contributed by atoms with E-state index in [2.05, 4.69) is 46.1 Å². The van der Waals surface area contributed by atoms with Crippen molar-refractivity contribution in [2.45, 2.75) is 74.7 Å². The third kappa shape index (κ3) is 9.18.